The molecule has 0 aliphatic heterocycles. The van der Waals surface area contributed by atoms with Crippen molar-refractivity contribution in [1.82, 2.24) is 0 Å². The summed E-state index contributed by atoms with van der Waals surface area (Å²) in [6.07, 6.45) is 14.2. The summed E-state index contributed by atoms with van der Waals surface area (Å²) in [5.74, 6) is 0. The average molecular weight is 405 g/mol. The third-order valence-electron chi connectivity index (χ3n) is 7.21. The zero-order valence-corrected chi connectivity index (χ0v) is 18.0. The van der Waals surface area contributed by atoms with E-state index in [1.807, 2.05) is 7.11 Å². The van der Waals surface area contributed by atoms with Gasteiger partial charge in [0.25, 0.3) is 0 Å². The summed E-state index contributed by atoms with van der Waals surface area (Å²) in [5, 5.41) is 0. The highest BCUT2D eigenvalue weighted by Crippen LogP contribution is 2.55. The Morgan fingerprint density at radius 3 is 1.20 bits per heavy atom. The van der Waals surface area contributed by atoms with Crippen LogP contribution >= 0.6 is 0 Å². The smallest absolute Gasteiger partial charge is 0.225 e. The van der Waals surface area contributed by atoms with Gasteiger partial charge in [-0.3, -0.25) is 0 Å². The van der Waals surface area contributed by atoms with Gasteiger partial charge in [0.15, 0.2) is 0 Å². The van der Waals surface area contributed by atoms with E-state index < -0.39 is 8.32 Å². The Bertz CT molecular complexity index is 1070. The lowest BCUT2D eigenvalue weighted by Crippen LogP contribution is -2.53. The molecule has 30 heavy (non-hydrogen) atoms. The van der Waals surface area contributed by atoms with E-state index in [2.05, 4.69) is 109 Å². The number of allylic oxidation sites excluding steroid dienone is 3. The molecule has 0 amide bonds. The van der Waals surface area contributed by atoms with Crippen molar-refractivity contribution in [2.24, 2.45) is 0 Å². The summed E-state index contributed by atoms with van der Waals surface area (Å²) in [6.45, 7) is 0. The number of rotatable bonds is 4. The van der Waals surface area contributed by atoms with Crippen molar-refractivity contribution in [3.05, 3.63) is 124 Å². The summed E-state index contributed by atoms with van der Waals surface area (Å²) in [4.78, 5) is 0. The van der Waals surface area contributed by atoms with Gasteiger partial charge in [0, 0.05) is 23.7 Å². The Morgan fingerprint density at radius 1 is 0.533 bits per heavy atom. The summed E-state index contributed by atoms with van der Waals surface area (Å²) >= 11 is 0. The first-order valence-corrected chi connectivity index (χ1v) is 12.8. The van der Waals surface area contributed by atoms with Crippen LogP contribution in [-0.4, -0.2) is 15.4 Å². The predicted octanol–water partition coefficient (Wildman–Crippen LogP) is 6.63. The van der Waals surface area contributed by atoms with Crippen LogP contribution in [0.2, 0.25) is 0 Å². The Labute approximate surface area is 179 Å². The fourth-order valence-electron chi connectivity index (χ4n) is 5.89. The highest BCUT2D eigenvalue weighted by atomic mass is 28.4. The molecule has 146 valence electrons. The monoisotopic (exact) mass is 404 g/mol. The van der Waals surface area contributed by atoms with Crippen molar-refractivity contribution in [3.8, 4) is 0 Å². The predicted molar refractivity (Wildman–Crippen MR) is 127 cm³/mol. The molecule has 3 aliphatic carbocycles. The van der Waals surface area contributed by atoms with Crippen molar-refractivity contribution >= 4 is 26.5 Å². The van der Waals surface area contributed by atoms with Crippen molar-refractivity contribution in [3.63, 3.8) is 0 Å². The van der Waals surface area contributed by atoms with E-state index in [1.165, 1.54) is 33.4 Å². The van der Waals surface area contributed by atoms with Gasteiger partial charge in [0.05, 0.1) is 0 Å². The number of benzene rings is 3. The second-order valence-electron chi connectivity index (χ2n) is 8.45. The molecule has 3 aliphatic rings. The molecule has 0 spiro atoms. The molecule has 0 fully saturated rings. The summed E-state index contributed by atoms with van der Waals surface area (Å²) in [5.41, 5.74) is 9.18. The number of fused-ring (bicyclic) bond motifs is 3. The Hall–Kier alpha value is -2.94. The molecule has 1 nitrogen and oxygen atoms in total. The van der Waals surface area contributed by atoms with Gasteiger partial charge in [0.1, 0.15) is 0 Å². The van der Waals surface area contributed by atoms with Gasteiger partial charge < -0.3 is 4.43 Å². The third kappa shape index (κ3) is 2.38. The molecule has 0 saturated heterocycles. The zero-order valence-electron chi connectivity index (χ0n) is 17.0. The fraction of sp³-hybridized carbons (Fsp3) is 0.143. The lowest BCUT2D eigenvalue weighted by molar-refractivity contribution is 0.372. The van der Waals surface area contributed by atoms with Gasteiger partial charge in [-0.1, -0.05) is 109 Å². The van der Waals surface area contributed by atoms with Crippen LogP contribution in [-0.2, 0) is 4.43 Å². The highest BCUT2D eigenvalue weighted by Gasteiger charge is 2.57. The molecule has 6 rings (SSSR count). The minimum absolute atomic E-state index is 0.306. The van der Waals surface area contributed by atoms with E-state index in [9.17, 15) is 0 Å². The van der Waals surface area contributed by atoms with Crippen LogP contribution in [0.3, 0.4) is 0 Å². The van der Waals surface area contributed by atoms with Gasteiger partial charge >= 0.3 is 0 Å². The maximum atomic E-state index is 6.85. The summed E-state index contributed by atoms with van der Waals surface area (Å²) < 4.78 is 6.85. The standard InChI is InChI=1S/C28H24OSi/c1-29-30(26-17-14-20-8-2-5-11-23(20)26,27-18-15-21-9-3-6-12-24(21)27)28-19-16-22-10-4-7-13-25(22)28/h2-19,26-28H,1H3. The molecule has 0 N–H and O–H groups in total. The van der Waals surface area contributed by atoms with E-state index in [0.717, 1.165) is 0 Å². The minimum Gasteiger partial charge on any atom is -0.417 e. The van der Waals surface area contributed by atoms with E-state index in [0.29, 0.717) is 16.6 Å². The second kappa shape index (κ2) is 6.80. The Morgan fingerprint density at radius 2 is 0.867 bits per heavy atom. The minimum atomic E-state index is -2.48. The van der Waals surface area contributed by atoms with Gasteiger partial charge in [0.2, 0.25) is 8.32 Å². The molecule has 0 saturated carbocycles. The highest BCUT2D eigenvalue weighted by molar-refractivity contribution is 6.80. The van der Waals surface area contributed by atoms with E-state index >= 15 is 0 Å². The number of hydrogen-bond acceptors (Lipinski definition) is 1. The van der Waals surface area contributed by atoms with Crippen LogP contribution in [0.5, 0.6) is 0 Å². The van der Waals surface area contributed by atoms with Gasteiger partial charge in [-0.05, 0) is 33.4 Å². The van der Waals surface area contributed by atoms with E-state index in [1.54, 1.807) is 0 Å². The number of hydrogen-bond donors (Lipinski definition) is 0. The van der Waals surface area contributed by atoms with Crippen LogP contribution in [0.4, 0.5) is 0 Å². The molecule has 0 radical (unpaired) electrons. The molecule has 0 bridgehead atoms. The van der Waals surface area contributed by atoms with E-state index in [4.69, 9.17) is 4.43 Å². The van der Waals surface area contributed by atoms with Crippen LogP contribution in [0.15, 0.2) is 91.0 Å². The van der Waals surface area contributed by atoms with Gasteiger partial charge in [-0.2, -0.15) is 0 Å². The molecule has 0 aromatic heterocycles. The summed E-state index contributed by atoms with van der Waals surface area (Å²) in [6, 6.07) is 26.5. The molecule has 0 heterocycles. The fourth-order valence-corrected chi connectivity index (χ4v) is 11.3. The normalized spacial score (nSPS) is 24.5. The van der Waals surface area contributed by atoms with Crippen molar-refractivity contribution < 1.29 is 4.43 Å². The zero-order chi connectivity index (χ0) is 20.1. The molecular weight excluding hydrogens is 380 g/mol. The lowest BCUT2D eigenvalue weighted by Gasteiger charge is -2.44. The van der Waals surface area contributed by atoms with Crippen molar-refractivity contribution in [1.29, 1.82) is 0 Å². The Kier molecular flexibility index (Phi) is 4.05. The average Bonchev–Trinajstić information content (AvgIpc) is 3.53. The first kappa shape index (κ1) is 17.9. The van der Waals surface area contributed by atoms with Crippen molar-refractivity contribution in [2.45, 2.75) is 16.6 Å². The maximum absolute atomic E-state index is 6.85. The first-order chi connectivity index (χ1) is 14.8. The molecule has 3 unspecified atom stereocenters. The molecule has 3 atom stereocenters. The van der Waals surface area contributed by atoms with Gasteiger partial charge in [-0.15, -0.1) is 0 Å². The molecule has 2 heteroatoms. The summed E-state index contributed by atoms with van der Waals surface area (Å²) in [7, 11) is -0.522. The topological polar surface area (TPSA) is 9.23 Å². The molecule has 3 aromatic rings. The molecule has 3 aromatic carbocycles. The quantitative estimate of drug-likeness (QED) is 0.444. The van der Waals surface area contributed by atoms with Gasteiger partial charge in [-0.25, -0.2) is 0 Å². The SMILES string of the molecule is CO[Si](C1C=Cc2ccccc21)(C1C=Cc2ccccc21)C1C=Cc2ccccc21. The maximum Gasteiger partial charge on any atom is 0.225 e. The van der Waals surface area contributed by atoms with Crippen LogP contribution in [0, 0.1) is 0 Å². The van der Waals surface area contributed by atoms with E-state index in [-0.39, 0.29) is 0 Å². The largest absolute Gasteiger partial charge is 0.417 e. The first-order valence-electron chi connectivity index (χ1n) is 10.7. The Balaban J connectivity index is 1.60. The molecular formula is C28H24OSi. The van der Waals surface area contributed by atoms with Crippen molar-refractivity contribution in [2.75, 3.05) is 7.11 Å². The van der Waals surface area contributed by atoms with Crippen LogP contribution in [0.1, 0.15) is 50.0 Å². The third-order valence-corrected chi connectivity index (χ3v) is 12.3. The second-order valence-corrected chi connectivity index (χ2v) is 12.4. The van der Waals surface area contributed by atoms with Crippen LogP contribution < -0.4 is 0 Å². The van der Waals surface area contributed by atoms with Crippen LogP contribution in [0.25, 0.3) is 18.2 Å². The lowest BCUT2D eigenvalue weighted by atomic mass is 10.1.